The molecule has 0 aromatic carbocycles. The number of Topliss-reactive ketones (excluding diaryl/α,β-unsaturated/α-hetero) is 1. The summed E-state index contributed by atoms with van der Waals surface area (Å²) in [5.41, 5.74) is 0.0556. The highest BCUT2D eigenvalue weighted by Gasteiger charge is 2.44. The number of halogens is 1. The van der Waals surface area contributed by atoms with Gasteiger partial charge in [-0.2, -0.15) is 0 Å². The van der Waals surface area contributed by atoms with Crippen LogP contribution in [0.25, 0.3) is 0 Å². The van der Waals surface area contributed by atoms with E-state index in [1.165, 1.54) is 22.0 Å². The van der Waals surface area contributed by atoms with Gasteiger partial charge >= 0.3 is 0 Å². The zero-order valence-corrected chi connectivity index (χ0v) is 18.9. The number of fused-ring (bicyclic) bond motifs is 1. The van der Waals surface area contributed by atoms with E-state index in [9.17, 15) is 18.8 Å². The summed E-state index contributed by atoms with van der Waals surface area (Å²) in [6.45, 7) is 3.08. The van der Waals surface area contributed by atoms with Crippen LogP contribution in [-0.4, -0.2) is 105 Å². The smallest absolute Gasteiger partial charge is 0.294 e. The molecule has 2 fully saturated rings. The number of hydrogen-bond acceptors (Lipinski definition) is 8. The van der Waals surface area contributed by atoms with Crippen LogP contribution in [-0.2, 0) is 14.4 Å². The highest BCUT2D eigenvalue weighted by Crippen LogP contribution is 2.34. The number of amides is 2. The van der Waals surface area contributed by atoms with Crippen molar-refractivity contribution in [3.63, 3.8) is 0 Å². The predicted molar refractivity (Wildman–Crippen MR) is 119 cm³/mol. The first-order chi connectivity index (χ1) is 16.4. The molecule has 180 valence electrons. The maximum Gasteiger partial charge on any atom is 0.294 e. The third-order valence-electron chi connectivity index (χ3n) is 6.95. The zero-order valence-electron chi connectivity index (χ0n) is 18.9. The van der Waals surface area contributed by atoms with Gasteiger partial charge in [0.25, 0.3) is 5.91 Å². The first kappa shape index (κ1) is 22.4. The minimum atomic E-state index is -0.959. The SMILES string of the molecule is CN1CCCC(C(=O)N2CCN(C(=O)C(=O)C3=CNC4C(n5ccnn5)=NC=C(F)C34)CC2)C1. The second kappa shape index (κ2) is 9.09. The molecular weight excluding hydrogens is 443 g/mol. The molecule has 5 rings (SSSR count). The van der Waals surface area contributed by atoms with Gasteiger partial charge in [-0.25, -0.2) is 14.1 Å². The standard InChI is InChI=1S/C22H27FN8O3/c1-28-5-2-3-14(13-28)21(33)29-7-9-30(10-8-29)22(34)19(32)15-11-24-18-17(15)16(23)12-25-20(18)31-6-4-26-27-31/h4,6,11-12,14,17-18,24H,2-3,5,7-10,13H2,1H3. The van der Waals surface area contributed by atoms with Crippen LogP contribution < -0.4 is 5.32 Å². The Bertz CT molecular complexity index is 1070. The molecule has 0 bridgehead atoms. The molecule has 4 aliphatic rings. The molecule has 2 saturated heterocycles. The number of nitrogens with one attached hydrogen (secondary N) is 1. The Morgan fingerprint density at radius 3 is 2.59 bits per heavy atom. The Morgan fingerprint density at radius 1 is 1.12 bits per heavy atom. The van der Waals surface area contributed by atoms with Crippen molar-refractivity contribution in [1.82, 2.24) is 35.0 Å². The Labute approximate surface area is 195 Å². The van der Waals surface area contributed by atoms with Gasteiger partial charge in [0.05, 0.1) is 36.5 Å². The van der Waals surface area contributed by atoms with E-state index in [1.54, 1.807) is 11.1 Å². The van der Waals surface area contributed by atoms with Crippen LogP contribution in [0.1, 0.15) is 12.8 Å². The summed E-state index contributed by atoms with van der Waals surface area (Å²) in [5, 5.41) is 10.6. The molecule has 3 unspecified atom stereocenters. The molecule has 1 aromatic rings. The number of carbonyl (C=O) groups is 3. The maximum absolute atomic E-state index is 14.7. The number of aromatic nitrogens is 3. The van der Waals surface area contributed by atoms with E-state index >= 15 is 0 Å². The first-order valence-corrected chi connectivity index (χ1v) is 11.5. The molecule has 0 saturated carbocycles. The molecular formula is C22H27FN8O3. The average Bonchev–Trinajstić information content (AvgIpc) is 3.54. The van der Waals surface area contributed by atoms with Gasteiger partial charge in [-0.15, -0.1) is 5.10 Å². The zero-order chi connectivity index (χ0) is 23.8. The van der Waals surface area contributed by atoms with Crippen molar-refractivity contribution in [1.29, 1.82) is 0 Å². The van der Waals surface area contributed by atoms with Gasteiger partial charge in [-0.3, -0.25) is 14.4 Å². The van der Waals surface area contributed by atoms with Gasteiger partial charge in [0.15, 0.2) is 5.84 Å². The molecule has 34 heavy (non-hydrogen) atoms. The second-order valence-electron chi connectivity index (χ2n) is 9.12. The normalized spacial score (nSPS) is 27.4. The lowest BCUT2D eigenvalue weighted by molar-refractivity contribution is -0.147. The van der Waals surface area contributed by atoms with E-state index in [2.05, 4.69) is 25.5 Å². The maximum atomic E-state index is 14.7. The van der Waals surface area contributed by atoms with E-state index in [0.29, 0.717) is 18.9 Å². The van der Waals surface area contributed by atoms with Crippen LogP contribution >= 0.6 is 0 Å². The molecule has 3 atom stereocenters. The van der Waals surface area contributed by atoms with E-state index < -0.39 is 29.5 Å². The minimum absolute atomic E-state index is 0.0174. The lowest BCUT2D eigenvalue weighted by Gasteiger charge is -2.38. The number of piperidine rings is 1. The van der Waals surface area contributed by atoms with Gasteiger partial charge < -0.3 is 20.0 Å². The highest BCUT2D eigenvalue weighted by atomic mass is 19.1. The van der Waals surface area contributed by atoms with Crippen molar-refractivity contribution in [2.75, 3.05) is 46.3 Å². The van der Waals surface area contributed by atoms with Gasteiger partial charge in [0.1, 0.15) is 5.83 Å². The first-order valence-electron chi connectivity index (χ1n) is 11.5. The van der Waals surface area contributed by atoms with Gasteiger partial charge in [-0.05, 0) is 26.4 Å². The number of likely N-dealkylation sites (tertiary alicyclic amines) is 1. The molecule has 1 aromatic heterocycles. The largest absolute Gasteiger partial charge is 0.380 e. The van der Waals surface area contributed by atoms with Crippen molar-refractivity contribution < 1.29 is 18.8 Å². The van der Waals surface area contributed by atoms with E-state index in [1.807, 2.05) is 7.05 Å². The van der Waals surface area contributed by atoms with Crippen LogP contribution in [0, 0.1) is 11.8 Å². The average molecular weight is 471 g/mol. The van der Waals surface area contributed by atoms with Gasteiger partial charge in [-0.1, -0.05) is 5.21 Å². The van der Waals surface area contributed by atoms with Gasteiger partial charge in [0, 0.05) is 44.5 Å². The van der Waals surface area contributed by atoms with Crippen LogP contribution in [0.4, 0.5) is 4.39 Å². The summed E-state index contributed by atoms with van der Waals surface area (Å²) in [7, 11) is 2.02. The molecule has 12 heteroatoms. The molecule has 5 heterocycles. The summed E-state index contributed by atoms with van der Waals surface area (Å²) in [5.74, 6) is -2.51. The number of carbonyl (C=O) groups excluding carboxylic acids is 3. The van der Waals surface area contributed by atoms with Crippen LogP contribution in [0.2, 0.25) is 0 Å². The molecule has 4 aliphatic heterocycles. The molecule has 0 spiro atoms. The summed E-state index contributed by atoms with van der Waals surface area (Å²) in [6, 6.07) is -0.665. The van der Waals surface area contributed by atoms with E-state index in [0.717, 1.165) is 32.1 Å². The number of nitrogens with zero attached hydrogens (tertiary/aromatic N) is 7. The molecule has 0 aliphatic carbocycles. The third kappa shape index (κ3) is 4.02. The Kier molecular flexibility index (Phi) is 5.98. The fraction of sp³-hybridized carbons (Fsp3) is 0.545. The lowest BCUT2D eigenvalue weighted by Crippen LogP contribution is -2.54. The summed E-state index contributed by atoms with van der Waals surface area (Å²) >= 11 is 0. The van der Waals surface area contributed by atoms with Crippen LogP contribution in [0.3, 0.4) is 0 Å². The van der Waals surface area contributed by atoms with Gasteiger partial charge in [0.2, 0.25) is 11.7 Å². The fourth-order valence-electron chi connectivity index (χ4n) is 5.13. The Morgan fingerprint density at radius 2 is 1.88 bits per heavy atom. The quantitative estimate of drug-likeness (QED) is 0.587. The minimum Gasteiger partial charge on any atom is -0.380 e. The number of aliphatic imine (C=N–C) groups is 1. The molecule has 0 radical (unpaired) electrons. The van der Waals surface area contributed by atoms with E-state index in [-0.39, 0.29) is 30.5 Å². The van der Waals surface area contributed by atoms with Crippen LogP contribution in [0.15, 0.2) is 41.2 Å². The second-order valence-corrected chi connectivity index (χ2v) is 9.12. The monoisotopic (exact) mass is 470 g/mol. The number of piperazine rings is 1. The number of rotatable bonds is 3. The van der Waals surface area contributed by atoms with Crippen molar-refractivity contribution in [2.45, 2.75) is 18.9 Å². The number of ketones is 1. The van der Waals surface area contributed by atoms with Crippen LogP contribution in [0.5, 0.6) is 0 Å². The predicted octanol–water partition coefficient (Wildman–Crippen LogP) is -0.597. The summed E-state index contributed by atoms with van der Waals surface area (Å²) < 4.78 is 16.1. The highest BCUT2D eigenvalue weighted by molar-refractivity contribution is 6.43. The lowest BCUT2D eigenvalue weighted by atomic mass is 9.88. The van der Waals surface area contributed by atoms with Crippen molar-refractivity contribution in [3.8, 4) is 0 Å². The third-order valence-corrected chi connectivity index (χ3v) is 6.95. The molecule has 2 amide bonds. The van der Waals surface area contributed by atoms with Crippen molar-refractivity contribution in [2.24, 2.45) is 16.8 Å². The fourth-order valence-corrected chi connectivity index (χ4v) is 5.13. The summed E-state index contributed by atoms with van der Waals surface area (Å²) in [4.78, 5) is 48.4. The Hall–Kier alpha value is -3.41. The molecule has 1 N–H and O–H groups in total. The Balaban J connectivity index is 1.21. The molecule has 11 nitrogen and oxygen atoms in total. The van der Waals surface area contributed by atoms with E-state index in [4.69, 9.17) is 0 Å². The van der Waals surface area contributed by atoms with Crippen molar-refractivity contribution >= 4 is 23.4 Å². The number of hydrogen-bond donors (Lipinski definition) is 1. The summed E-state index contributed by atoms with van der Waals surface area (Å²) in [6.07, 6.45) is 7.36. The van der Waals surface area contributed by atoms with Crippen molar-refractivity contribution in [3.05, 3.63) is 36.2 Å². The topological polar surface area (TPSA) is 116 Å².